The zero-order chi connectivity index (χ0) is 10.1. The molecule has 0 amide bonds. The van der Waals surface area contributed by atoms with E-state index in [0.717, 1.165) is 0 Å². The van der Waals surface area contributed by atoms with Crippen LogP contribution in [-0.2, 0) is 14.3 Å². The zero-order valence-corrected chi connectivity index (χ0v) is 7.66. The van der Waals surface area contributed by atoms with Gasteiger partial charge in [0.25, 0.3) is 0 Å². The summed E-state index contributed by atoms with van der Waals surface area (Å²) in [5, 5.41) is 8.50. The highest BCUT2D eigenvalue weighted by molar-refractivity contribution is 5.92. The summed E-state index contributed by atoms with van der Waals surface area (Å²) in [6.07, 6.45) is 1.18. The molecule has 0 fully saturated rings. The molecule has 4 heteroatoms. The van der Waals surface area contributed by atoms with E-state index in [-0.39, 0.29) is 12.2 Å². The summed E-state index contributed by atoms with van der Waals surface area (Å²) < 4.78 is 9.37. The Labute approximate surface area is 77.1 Å². The first-order valence-corrected chi connectivity index (χ1v) is 3.90. The van der Waals surface area contributed by atoms with Crippen molar-refractivity contribution < 1.29 is 14.3 Å². The summed E-state index contributed by atoms with van der Waals surface area (Å²) in [7, 11) is 0. The van der Waals surface area contributed by atoms with Crippen molar-refractivity contribution >= 4 is 5.97 Å². The molecular formula is C9H11NO3. The highest BCUT2D eigenvalue weighted by Crippen LogP contribution is 1.93. The highest BCUT2D eigenvalue weighted by Gasteiger charge is 2.07. The van der Waals surface area contributed by atoms with Crippen molar-refractivity contribution in [3.8, 4) is 6.07 Å². The maximum atomic E-state index is 10.9. The van der Waals surface area contributed by atoms with Crippen LogP contribution in [0.4, 0.5) is 0 Å². The third-order valence-electron chi connectivity index (χ3n) is 1.04. The van der Waals surface area contributed by atoms with Gasteiger partial charge in [-0.15, -0.1) is 0 Å². The molecule has 0 saturated carbocycles. The van der Waals surface area contributed by atoms with Gasteiger partial charge >= 0.3 is 5.97 Å². The van der Waals surface area contributed by atoms with E-state index in [4.69, 9.17) is 10.00 Å². The van der Waals surface area contributed by atoms with Crippen molar-refractivity contribution in [3.05, 3.63) is 17.6 Å². The molecule has 0 spiro atoms. The van der Waals surface area contributed by atoms with Crippen molar-refractivity contribution in [1.82, 2.24) is 0 Å². The first kappa shape index (κ1) is 11.3. The summed E-state index contributed by atoms with van der Waals surface area (Å²) >= 11 is 0. The summed E-state index contributed by atoms with van der Waals surface area (Å²) in [6, 6.07) is 1.67. The standard InChI is InChI=1S/C9H11NO3/c1-3-12-6-5-8(7-10)9(11)13-4-2/h6H,3-4H2,1-2H3. The van der Waals surface area contributed by atoms with Crippen molar-refractivity contribution in [2.45, 2.75) is 13.8 Å². The van der Waals surface area contributed by atoms with E-state index >= 15 is 0 Å². The zero-order valence-electron chi connectivity index (χ0n) is 7.66. The second-order valence-electron chi connectivity index (χ2n) is 1.92. The van der Waals surface area contributed by atoms with Gasteiger partial charge in [-0.25, -0.2) is 4.79 Å². The molecule has 0 aliphatic rings. The quantitative estimate of drug-likeness (QED) is 0.214. The minimum atomic E-state index is -0.680. The molecule has 0 rings (SSSR count). The highest BCUT2D eigenvalue weighted by atomic mass is 16.5. The van der Waals surface area contributed by atoms with Gasteiger partial charge in [-0.3, -0.25) is 0 Å². The fourth-order valence-electron chi connectivity index (χ4n) is 0.524. The van der Waals surface area contributed by atoms with Crippen molar-refractivity contribution in [3.63, 3.8) is 0 Å². The number of rotatable bonds is 4. The molecule has 0 aliphatic carbocycles. The van der Waals surface area contributed by atoms with Crippen LogP contribution in [0.3, 0.4) is 0 Å². The molecule has 4 nitrogen and oxygen atoms in total. The molecule has 0 heterocycles. The topological polar surface area (TPSA) is 59.3 Å². The lowest BCUT2D eigenvalue weighted by Gasteiger charge is -1.95. The number of carbonyl (C=O) groups excluding carboxylic acids is 1. The second kappa shape index (κ2) is 6.96. The lowest BCUT2D eigenvalue weighted by molar-refractivity contribution is -0.138. The van der Waals surface area contributed by atoms with Crippen LogP contribution in [0.2, 0.25) is 0 Å². The SMILES string of the molecule is CCOC=C=C(C#N)C(=O)OCC. The summed E-state index contributed by atoms with van der Waals surface area (Å²) in [5.74, 6) is -0.680. The Morgan fingerprint density at radius 3 is 2.62 bits per heavy atom. The number of hydrogen-bond donors (Lipinski definition) is 0. The lowest BCUT2D eigenvalue weighted by atomic mass is 10.3. The molecule has 0 aliphatic heterocycles. The van der Waals surface area contributed by atoms with Gasteiger partial charge in [-0.2, -0.15) is 5.26 Å². The molecular weight excluding hydrogens is 170 g/mol. The van der Waals surface area contributed by atoms with Crippen LogP contribution in [0.25, 0.3) is 0 Å². The Balaban J connectivity index is 4.43. The lowest BCUT2D eigenvalue weighted by Crippen LogP contribution is -2.05. The smallest absolute Gasteiger partial charge is 0.357 e. The molecule has 0 saturated heterocycles. The van der Waals surface area contributed by atoms with Crippen LogP contribution in [0.15, 0.2) is 17.6 Å². The summed E-state index contributed by atoms with van der Waals surface area (Å²) in [6.45, 7) is 4.16. The van der Waals surface area contributed by atoms with Crippen LogP contribution >= 0.6 is 0 Å². The first-order valence-electron chi connectivity index (χ1n) is 3.90. The van der Waals surface area contributed by atoms with E-state index in [0.29, 0.717) is 6.61 Å². The fourth-order valence-corrected chi connectivity index (χ4v) is 0.524. The Morgan fingerprint density at radius 1 is 1.46 bits per heavy atom. The molecule has 13 heavy (non-hydrogen) atoms. The van der Waals surface area contributed by atoms with E-state index in [1.54, 1.807) is 19.9 Å². The third kappa shape index (κ3) is 4.67. The summed E-state index contributed by atoms with van der Waals surface area (Å²) in [5.41, 5.74) is 2.20. The first-order chi connectivity index (χ1) is 6.26. The van der Waals surface area contributed by atoms with Gasteiger partial charge in [0.15, 0.2) is 5.57 Å². The maximum Gasteiger partial charge on any atom is 0.357 e. The van der Waals surface area contributed by atoms with Crippen LogP contribution < -0.4 is 0 Å². The Bertz CT molecular complexity index is 269. The largest absolute Gasteiger partial charge is 0.493 e. The molecule has 0 aromatic heterocycles. The van der Waals surface area contributed by atoms with Crippen LogP contribution in [0.5, 0.6) is 0 Å². The van der Waals surface area contributed by atoms with Gasteiger partial charge in [0.2, 0.25) is 0 Å². The number of ether oxygens (including phenoxy) is 2. The average Bonchev–Trinajstić information content (AvgIpc) is 2.13. The predicted molar refractivity (Wildman–Crippen MR) is 45.5 cm³/mol. The monoisotopic (exact) mass is 181 g/mol. The Hall–Kier alpha value is -1.72. The molecule has 0 aromatic carbocycles. The molecule has 0 N–H and O–H groups in total. The number of carbonyl (C=O) groups is 1. The molecule has 0 bridgehead atoms. The normalized spacial score (nSPS) is 7.77. The van der Waals surface area contributed by atoms with E-state index in [2.05, 4.69) is 10.5 Å². The number of nitriles is 1. The average molecular weight is 181 g/mol. The molecule has 0 aromatic rings. The van der Waals surface area contributed by atoms with Gasteiger partial charge < -0.3 is 9.47 Å². The van der Waals surface area contributed by atoms with Gasteiger partial charge in [0, 0.05) is 0 Å². The Kier molecular flexibility index (Phi) is 6.04. The number of hydrogen-bond acceptors (Lipinski definition) is 4. The van der Waals surface area contributed by atoms with E-state index in [9.17, 15) is 4.79 Å². The minimum Gasteiger partial charge on any atom is -0.493 e. The van der Waals surface area contributed by atoms with Crippen LogP contribution in [-0.4, -0.2) is 19.2 Å². The Morgan fingerprint density at radius 2 is 2.15 bits per heavy atom. The summed E-state index contributed by atoms with van der Waals surface area (Å²) in [4.78, 5) is 10.9. The van der Waals surface area contributed by atoms with E-state index in [1.807, 2.05) is 0 Å². The van der Waals surface area contributed by atoms with Crippen LogP contribution in [0, 0.1) is 11.3 Å². The molecule has 0 radical (unpaired) electrons. The van der Waals surface area contributed by atoms with Crippen molar-refractivity contribution in [2.75, 3.05) is 13.2 Å². The van der Waals surface area contributed by atoms with Gasteiger partial charge in [0.1, 0.15) is 12.3 Å². The molecule has 70 valence electrons. The number of nitrogens with zero attached hydrogens (tertiary/aromatic N) is 1. The van der Waals surface area contributed by atoms with Gasteiger partial charge in [0.05, 0.1) is 13.2 Å². The van der Waals surface area contributed by atoms with E-state index < -0.39 is 5.97 Å². The van der Waals surface area contributed by atoms with Crippen molar-refractivity contribution in [2.24, 2.45) is 0 Å². The van der Waals surface area contributed by atoms with Crippen molar-refractivity contribution in [1.29, 1.82) is 5.26 Å². The fraction of sp³-hybridized carbons (Fsp3) is 0.444. The second-order valence-corrected chi connectivity index (χ2v) is 1.92. The molecule has 0 atom stereocenters. The minimum absolute atomic E-state index is 0.185. The third-order valence-corrected chi connectivity index (χ3v) is 1.04. The van der Waals surface area contributed by atoms with Gasteiger partial charge in [-0.05, 0) is 13.8 Å². The van der Waals surface area contributed by atoms with E-state index in [1.165, 1.54) is 6.26 Å². The predicted octanol–water partition coefficient (Wildman–Crippen LogP) is 1.15. The maximum absolute atomic E-state index is 10.9. The van der Waals surface area contributed by atoms with Crippen LogP contribution in [0.1, 0.15) is 13.8 Å². The number of esters is 1. The molecule has 0 unspecified atom stereocenters. The van der Waals surface area contributed by atoms with Gasteiger partial charge in [-0.1, -0.05) is 5.73 Å².